The number of nitrogens with one attached hydrogen (secondary N) is 1. The summed E-state index contributed by atoms with van der Waals surface area (Å²) >= 11 is 0. The molecule has 1 aliphatic heterocycles. The van der Waals surface area contributed by atoms with Gasteiger partial charge < -0.3 is 10.1 Å². The van der Waals surface area contributed by atoms with Crippen LogP contribution in [0.4, 0.5) is 0 Å². The molecule has 1 saturated heterocycles. The topological polar surface area (TPSA) is 75.7 Å². The smallest absolute Gasteiger partial charge is 0.251 e. The first-order valence-electron chi connectivity index (χ1n) is 9.74. The van der Waals surface area contributed by atoms with Crippen LogP contribution in [0.15, 0.2) is 53.4 Å². The van der Waals surface area contributed by atoms with Crippen LogP contribution in [0, 0.1) is 6.92 Å². The van der Waals surface area contributed by atoms with Crippen LogP contribution in [0.2, 0.25) is 0 Å². The molecular formula is C22H28N2O4S. The molecule has 29 heavy (non-hydrogen) atoms. The molecule has 0 radical (unpaired) electrons. The third-order valence-electron chi connectivity index (χ3n) is 5.27. The maximum Gasteiger partial charge on any atom is 0.251 e. The highest BCUT2D eigenvalue weighted by Gasteiger charge is 2.27. The molecule has 0 aliphatic carbocycles. The zero-order valence-corrected chi connectivity index (χ0v) is 18.0. The number of hydrogen-bond donors (Lipinski definition) is 1. The van der Waals surface area contributed by atoms with Crippen molar-refractivity contribution in [2.24, 2.45) is 0 Å². The second-order valence-electron chi connectivity index (χ2n) is 7.93. The first kappa shape index (κ1) is 21.5. The third-order valence-corrected chi connectivity index (χ3v) is 7.16. The number of benzene rings is 2. The van der Waals surface area contributed by atoms with Gasteiger partial charge in [0, 0.05) is 30.6 Å². The molecule has 1 fully saturated rings. The summed E-state index contributed by atoms with van der Waals surface area (Å²) in [6.45, 7) is 8.06. The van der Waals surface area contributed by atoms with Crippen molar-refractivity contribution in [3.05, 3.63) is 65.2 Å². The predicted molar refractivity (Wildman–Crippen MR) is 113 cm³/mol. The minimum Gasteiger partial charge on any atom is -0.379 e. The molecule has 3 rings (SSSR count). The highest BCUT2D eigenvalue weighted by Crippen LogP contribution is 2.25. The molecule has 6 nitrogen and oxygen atoms in total. The Balaban J connectivity index is 1.73. The number of carbonyl (C=O) groups is 1. The number of ether oxygens (including phenoxy) is 1. The van der Waals surface area contributed by atoms with Gasteiger partial charge in [-0.25, -0.2) is 8.42 Å². The van der Waals surface area contributed by atoms with Crippen LogP contribution in [0.25, 0.3) is 0 Å². The second-order valence-corrected chi connectivity index (χ2v) is 9.86. The van der Waals surface area contributed by atoms with E-state index in [4.69, 9.17) is 4.74 Å². The second kappa shape index (κ2) is 8.65. The van der Waals surface area contributed by atoms with Gasteiger partial charge in [-0.15, -0.1) is 0 Å². The lowest BCUT2D eigenvalue weighted by atomic mass is 9.82. The normalized spacial score (nSPS) is 15.8. The van der Waals surface area contributed by atoms with E-state index in [1.165, 1.54) is 27.6 Å². The lowest BCUT2D eigenvalue weighted by Crippen LogP contribution is -2.40. The number of amides is 1. The van der Waals surface area contributed by atoms with Crippen LogP contribution in [0.1, 0.15) is 35.3 Å². The number of carbonyl (C=O) groups excluding carboxylic acids is 1. The first-order chi connectivity index (χ1) is 13.7. The number of rotatable bonds is 6. The molecule has 2 aromatic rings. The molecular weight excluding hydrogens is 388 g/mol. The van der Waals surface area contributed by atoms with E-state index in [9.17, 15) is 13.2 Å². The summed E-state index contributed by atoms with van der Waals surface area (Å²) in [5.74, 6) is -0.286. The lowest BCUT2D eigenvalue weighted by molar-refractivity contribution is 0.0730. The maximum atomic E-state index is 12.8. The predicted octanol–water partition coefficient (Wildman–Crippen LogP) is 2.72. The Morgan fingerprint density at radius 3 is 2.48 bits per heavy atom. The zero-order valence-electron chi connectivity index (χ0n) is 17.1. The number of aryl methyl sites for hydroxylation is 1. The Morgan fingerprint density at radius 1 is 1.10 bits per heavy atom. The van der Waals surface area contributed by atoms with Gasteiger partial charge in [-0.05, 0) is 36.2 Å². The van der Waals surface area contributed by atoms with E-state index in [0.717, 1.165) is 0 Å². The minimum atomic E-state index is -3.64. The summed E-state index contributed by atoms with van der Waals surface area (Å²) < 4.78 is 32.3. The van der Waals surface area contributed by atoms with Crippen molar-refractivity contribution in [3.8, 4) is 0 Å². The molecule has 156 valence electrons. The van der Waals surface area contributed by atoms with Gasteiger partial charge in [0.2, 0.25) is 10.0 Å². The van der Waals surface area contributed by atoms with E-state index in [0.29, 0.717) is 38.4 Å². The van der Waals surface area contributed by atoms with Gasteiger partial charge in [-0.2, -0.15) is 4.31 Å². The van der Waals surface area contributed by atoms with Gasteiger partial charge in [0.1, 0.15) is 0 Å². The number of nitrogens with zero attached hydrogens (tertiary/aromatic N) is 1. The molecule has 1 heterocycles. The molecule has 0 aromatic heterocycles. The van der Waals surface area contributed by atoms with Crippen LogP contribution in [0.3, 0.4) is 0 Å². The van der Waals surface area contributed by atoms with Crippen molar-refractivity contribution in [1.29, 1.82) is 0 Å². The van der Waals surface area contributed by atoms with Crippen LogP contribution >= 0.6 is 0 Å². The summed E-state index contributed by atoms with van der Waals surface area (Å²) in [6.07, 6.45) is 0. The van der Waals surface area contributed by atoms with Gasteiger partial charge in [-0.1, -0.05) is 44.2 Å². The van der Waals surface area contributed by atoms with Crippen molar-refractivity contribution in [1.82, 2.24) is 9.62 Å². The minimum absolute atomic E-state index is 0.130. The summed E-state index contributed by atoms with van der Waals surface area (Å²) in [7, 11) is -3.64. The third kappa shape index (κ3) is 4.86. The Labute approximate surface area is 172 Å². The number of sulfonamides is 1. The first-order valence-corrected chi connectivity index (χ1v) is 11.2. The summed E-state index contributed by atoms with van der Waals surface area (Å²) in [5, 5.41) is 2.96. The van der Waals surface area contributed by atoms with Gasteiger partial charge in [0.05, 0.1) is 18.1 Å². The molecule has 1 aliphatic rings. The molecule has 0 atom stereocenters. The van der Waals surface area contributed by atoms with Crippen LogP contribution in [0.5, 0.6) is 0 Å². The molecule has 0 bridgehead atoms. The standard InChI is InChI=1S/C22H28N2O4S/c1-17-7-4-5-10-20(17)22(2,3)16-23-21(25)18-8-6-9-19(15-18)29(26,27)24-11-13-28-14-12-24/h4-10,15H,11-14,16H2,1-3H3,(H,23,25). The molecule has 7 heteroatoms. The van der Waals surface area contributed by atoms with Gasteiger partial charge >= 0.3 is 0 Å². The summed E-state index contributed by atoms with van der Waals surface area (Å²) in [6, 6.07) is 14.3. The zero-order chi connectivity index (χ0) is 21.1. The average molecular weight is 417 g/mol. The van der Waals surface area contributed by atoms with Crippen LogP contribution in [-0.2, 0) is 20.2 Å². The monoisotopic (exact) mass is 416 g/mol. The van der Waals surface area contributed by atoms with E-state index in [-0.39, 0.29) is 16.2 Å². The van der Waals surface area contributed by atoms with E-state index < -0.39 is 10.0 Å². The highest BCUT2D eigenvalue weighted by atomic mass is 32.2. The Bertz CT molecular complexity index is 980. The SMILES string of the molecule is Cc1ccccc1C(C)(C)CNC(=O)c1cccc(S(=O)(=O)N2CCOCC2)c1. The van der Waals surface area contributed by atoms with E-state index in [1.807, 2.05) is 12.1 Å². The van der Waals surface area contributed by atoms with Crippen molar-refractivity contribution >= 4 is 15.9 Å². The quantitative estimate of drug-likeness (QED) is 0.786. The van der Waals surface area contributed by atoms with Crippen LogP contribution in [-0.4, -0.2) is 51.5 Å². The summed E-state index contributed by atoms with van der Waals surface area (Å²) in [4.78, 5) is 12.9. The lowest BCUT2D eigenvalue weighted by Gasteiger charge is -2.27. The van der Waals surface area contributed by atoms with Gasteiger partial charge in [0.25, 0.3) is 5.91 Å². The van der Waals surface area contributed by atoms with Crippen molar-refractivity contribution in [2.75, 3.05) is 32.8 Å². The largest absolute Gasteiger partial charge is 0.379 e. The molecule has 2 aromatic carbocycles. The van der Waals surface area contributed by atoms with E-state index in [1.54, 1.807) is 12.1 Å². The Morgan fingerprint density at radius 2 is 1.79 bits per heavy atom. The molecule has 0 spiro atoms. The fraction of sp³-hybridized carbons (Fsp3) is 0.409. The fourth-order valence-corrected chi connectivity index (χ4v) is 5.02. The molecule has 0 saturated carbocycles. The highest BCUT2D eigenvalue weighted by molar-refractivity contribution is 7.89. The van der Waals surface area contributed by atoms with Crippen LogP contribution < -0.4 is 5.32 Å². The average Bonchev–Trinajstić information content (AvgIpc) is 2.73. The number of hydrogen-bond acceptors (Lipinski definition) is 4. The van der Waals surface area contributed by atoms with Gasteiger partial charge in [-0.3, -0.25) is 4.79 Å². The molecule has 0 unspecified atom stereocenters. The molecule has 1 amide bonds. The fourth-order valence-electron chi connectivity index (χ4n) is 3.56. The Kier molecular flexibility index (Phi) is 6.41. The van der Waals surface area contributed by atoms with E-state index >= 15 is 0 Å². The Hall–Kier alpha value is -2.22. The van der Waals surface area contributed by atoms with Crippen molar-refractivity contribution in [2.45, 2.75) is 31.1 Å². The van der Waals surface area contributed by atoms with Gasteiger partial charge in [0.15, 0.2) is 0 Å². The van der Waals surface area contributed by atoms with Crippen molar-refractivity contribution in [3.63, 3.8) is 0 Å². The summed E-state index contributed by atoms with van der Waals surface area (Å²) in [5.41, 5.74) is 2.42. The van der Waals surface area contributed by atoms with Crippen molar-refractivity contribution < 1.29 is 17.9 Å². The van der Waals surface area contributed by atoms with E-state index in [2.05, 4.69) is 38.2 Å². The molecule has 1 N–H and O–H groups in total. The maximum absolute atomic E-state index is 12.8. The number of morpholine rings is 1.